The van der Waals surface area contributed by atoms with E-state index >= 15 is 0 Å². The van der Waals surface area contributed by atoms with Crippen LogP contribution < -0.4 is 14.8 Å². The molecule has 0 aliphatic rings. The van der Waals surface area contributed by atoms with E-state index in [4.69, 9.17) is 9.47 Å². The summed E-state index contributed by atoms with van der Waals surface area (Å²) in [5.74, 6) is 2.38. The second kappa shape index (κ2) is 11.6. The lowest BCUT2D eigenvalue weighted by molar-refractivity contribution is -0.119. The number of ether oxygens (including phenoxy) is 2. The maximum absolute atomic E-state index is 12.7. The number of nitrogens with one attached hydrogen (secondary N) is 1. The largest absolute Gasteiger partial charge is 0.497 e. The summed E-state index contributed by atoms with van der Waals surface area (Å²) < 4.78 is 12.8. The number of rotatable bonds is 10. The van der Waals surface area contributed by atoms with Crippen molar-refractivity contribution in [1.82, 2.24) is 20.1 Å². The molecule has 35 heavy (non-hydrogen) atoms. The van der Waals surface area contributed by atoms with Gasteiger partial charge in [-0.05, 0) is 67.9 Å². The predicted molar refractivity (Wildman–Crippen MR) is 138 cm³/mol. The summed E-state index contributed by atoms with van der Waals surface area (Å²) >= 11 is 1.35. The molecule has 1 amide bonds. The van der Waals surface area contributed by atoms with Gasteiger partial charge in [0.15, 0.2) is 11.0 Å². The first-order chi connectivity index (χ1) is 17.1. The maximum atomic E-state index is 12.7. The van der Waals surface area contributed by atoms with Crippen LogP contribution in [0.1, 0.15) is 25.5 Å². The topological polar surface area (TPSA) is 78.3 Å². The van der Waals surface area contributed by atoms with Crippen LogP contribution in [0, 0.1) is 0 Å². The first-order valence-electron chi connectivity index (χ1n) is 11.4. The molecule has 0 saturated heterocycles. The van der Waals surface area contributed by atoms with Crippen LogP contribution in [0.2, 0.25) is 0 Å². The quantitative estimate of drug-likeness (QED) is 0.305. The number of carbonyl (C=O) groups excluding carboxylic acids is 1. The zero-order chi connectivity index (χ0) is 24.6. The molecule has 7 nitrogen and oxygen atoms in total. The van der Waals surface area contributed by atoms with Crippen LogP contribution in [0.5, 0.6) is 11.5 Å². The molecular weight excluding hydrogens is 460 g/mol. The number of hydrogen-bond donors (Lipinski definition) is 1. The van der Waals surface area contributed by atoms with Gasteiger partial charge in [-0.25, -0.2) is 0 Å². The fraction of sp³-hybridized carbons (Fsp3) is 0.222. The smallest absolute Gasteiger partial charge is 0.230 e. The highest BCUT2D eigenvalue weighted by atomic mass is 32.2. The molecule has 1 heterocycles. The first-order valence-corrected chi connectivity index (χ1v) is 12.4. The zero-order valence-electron chi connectivity index (χ0n) is 20.0. The molecule has 4 aromatic rings. The summed E-state index contributed by atoms with van der Waals surface area (Å²) in [6.45, 7) is 4.52. The molecule has 0 radical (unpaired) electrons. The summed E-state index contributed by atoms with van der Waals surface area (Å²) in [6.07, 6.45) is 0. The monoisotopic (exact) mass is 488 g/mol. The van der Waals surface area contributed by atoms with Gasteiger partial charge in [-0.15, -0.1) is 10.2 Å². The molecular formula is C27H28N4O3S. The molecule has 0 spiro atoms. The summed E-state index contributed by atoms with van der Waals surface area (Å²) in [4.78, 5) is 12.7. The van der Waals surface area contributed by atoms with E-state index in [0.29, 0.717) is 17.6 Å². The first kappa shape index (κ1) is 24.3. The predicted octanol–water partition coefficient (Wildman–Crippen LogP) is 5.31. The Hall–Kier alpha value is -3.78. The lowest BCUT2D eigenvalue weighted by Gasteiger charge is -2.14. The van der Waals surface area contributed by atoms with Gasteiger partial charge in [-0.3, -0.25) is 9.36 Å². The highest BCUT2D eigenvalue weighted by Gasteiger charge is 2.18. The molecule has 0 unspecified atom stereocenters. The van der Waals surface area contributed by atoms with Crippen molar-refractivity contribution in [3.05, 3.63) is 84.4 Å². The molecule has 0 aliphatic carbocycles. The van der Waals surface area contributed by atoms with Crippen molar-refractivity contribution in [3.63, 3.8) is 0 Å². The Kier molecular flexibility index (Phi) is 8.05. The average molecular weight is 489 g/mol. The highest BCUT2D eigenvalue weighted by Crippen LogP contribution is 2.30. The third-order valence-corrected chi connectivity index (χ3v) is 6.33. The standard InChI is InChI=1S/C27H28N4O3S/c1-4-34-24-16-12-22(13-17-24)31-26(21-10-14-23(33-3)15-11-21)29-30-27(31)35-18-25(32)28-19(2)20-8-6-5-7-9-20/h5-17,19H,4,18H2,1-3H3,(H,28,32)/t19-/m0/s1. The maximum Gasteiger partial charge on any atom is 0.230 e. The average Bonchev–Trinajstić information content (AvgIpc) is 3.32. The van der Waals surface area contributed by atoms with Gasteiger partial charge < -0.3 is 14.8 Å². The van der Waals surface area contributed by atoms with Crippen LogP contribution in [-0.4, -0.2) is 40.1 Å². The molecule has 1 atom stereocenters. The van der Waals surface area contributed by atoms with Crippen LogP contribution in [0.4, 0.5) is 0 Å². The second-order valence-electron chi connectivity index (χ2n) is 7.79. The van der Waals surface area contributed by atoms with Crippen LogP contribution in [0.15, 0.2) is 84.0 Å². The Morgan fingerprint density at radius 1 is 0.971 bits per heavy atom. The minimum atomic E-state index is -0.0804. The van der Waals surface area contributed by atoms with Gasteiger partial charge >= 0.3 is 0 Å². The highest BCUT2D eigenvalue weighted by molar-refractivity contribution is 7.99. The summed E-state index contributed by atoms with van der Waals surface area (Å²) in [5, 5.41) is 12.5. The number of methoxy groups -OCH3 is 1. The summed E-state index contributed by atoms with van der Waals surface area (Å²) in [6, 6.07) is 25.2. The number of thioether (sulfide) groups is 1. The molecule has 0 aliphatic heterocycles. The Balaban J connectivity index is 1.57. The third-order valence-electron chi connectivity index (χ3n) is 5.40. The Morgan fingerprint density at radius 3 is 2.31 bits per heavy atom. The van der Waals surface area contributed by atoms with Crippen molar-refractivity contribution in [3.8, 4) is 28.6 Å². The Labute approximate surface area is 209 Å². The SMILES string of the molecule is CCOc1ccc(-n2c(SCC(=O)N[C@@H](C)c3ccccc3)nnc2-c2ccc(OC)cc2)cc1. The van der Waals surface area contributed by atoms with E-state index in [2.05, 4.69) is 15.5 Å². The molecule has 0 fully saturated rings. The van der Waals surface area contributed by atoms with Gasteiger partial charge in [-0.1, -0.05) is 42.1 Å². The number of nitrogens with zero attached hydrogens (tertiary/aromatic N) is 3. The van der Waals surface area contributed by atoms with E-state index in [1.807, 2.05) is 97.3 Å². The van der Waals surface area contributed by atoms with Gasteiger partial charge in [0, 0.05) is 11.3 Å². The summed E-state index contributed by atoms with van der Waals surface area (Å²) in [7, 11) is 1.63. The molecule has 4 rings (SSSR count). The van der Waals surface area contributed by atoms with Crippen molar-refractivity contribution in [1.29, 1.82) is 0 Å². The van der Waals surface area contributed by atoms with Crippen molar-refractivity contribution < 1.29 is 14.3 Å². The molecule has 0 bridgehead atoms. The van der Waals surface area contributed by atoms with Gasteiger partial charge in [0.05, 0.1) is 25.5 Å². The van der Waals surface area contributed by atoms with Crippen LogP contribution in [-0.2, 0) is 4.79 Å². The molecule has 180 valence electrons. The van der Waals surface area contributed by atoms with E-state index in [1.165, 1.54) is 11.8 Å². The van der Waals surface area contributed by atoms with E-state index in [0.717, 1.165) is 28.3 Å². The number of benzene rings is 3. The van der Waals surface area contributed by atoms with Crippen LogP contribution >= 0.6 is 11.8 Å². The van der Waals surface area contributed by atoms with Crippen molar-refractivity contribution >= 4 is 17.7 Å². The van der Waals surface area contributed by atoms with Crippen molar-refractivity contribution in [2.24, 2.45) is 0 Å². The van der Waals surface area contributed by atoms with Gasteiger partial charge in [0.25, 0.3) is 0 Å². The number of carbonyl (C=O) groups is 1. The molecule has 3 aromatic carbocycles. The van der Waals surface area contributed by atoms with E-state index < -0.39 is 0 Å². The normalized spacial score (nSPS) is 11.6. The summed E-state index contributed by atoms with van der Waals surface area (Å²) in [5.41, 5.74) is 2.83. The number of amides is 1. The zero-order valence-corrected chi connectivity index (χ0v) is 20.8. The van der Waals surface area contributed by atoms with Gasteiger partial charge in [0.2, 0.25) is 5.91 Å². The van der Waals surface area contributed by atoms with E-state index in [9.17, 15) is 4.79 Å². The minimum absolute atomic E-state index is 0.0707. The fourth-order valence-corrected chi connectivity index (χ4v) is 4.38. The van der Waals surface area contributed by atoms with E-state index in [1.54, 1.807) is 7.11 Å². The molecule has 1 N–H and O–H groups in total. The lowest BCUT2D eigenvalue weighted by atomic mass is 10.1. The van der Waals surface area contributed by atoms with Crippen LogP contribution in [0.25, 0.3) is 17.1 Å². The lowest BCUT2D eigenvalue weighted by Crippen LogP contribution is -2.28. The molecule has 0 saturated carbocycles. The van der Waals surface area contributed by atoms with Crippen LogP contribution in [0.3, 0.4) is 0 Å². The van der Waals surface area contributed by atoms with Crippen molar-refractivity contribution in [2.75, 3.05) is 19.5 Å². The second-order valence-corrected chi connectivity index (χ2v) is 8.73. The number of aromatic nitrogens is 3. The minimum Gasteiger partial charge on any atom is -0.497 e. The molecule has 8 heteroatoms. The van der Waals surface area contributed by atoms with Gasteiger partial charge in [-0.2, -0.15) is 0 Å². The van der Waals surface area contributed by atoms with E-state index in [-0.39, 0.29) is 17.7 Å². The third kappa shape index (κ3) is 6.02. The Morgan fingerprint density at radius 2 is 1.66 bits per heavy atom. The van der Waals surface area contributed by atoms with Gasteiger partial charge in [0.1, 0.15) is 11.5 Å². The Bertz CT molecular complexity index is 1240. The van der Waals surface area contributed by atoms with Crippen molar-refractivity contribution in [2.45, 2.75) is 25.0 Å². The molecule has 1 aromatic heterocycles. The number of hydrogen-bond acceptors (Lipinski definition) is 6. The fourth-order valence-electron chi connectivity index (χ4n) is 3.62.